The predicted molar refractivity (Wildman–Crippen MR) is 132 cm³/mol. The second-order valence-electron chi connectivity index (χ2n) is 8.11. The molecule has 1 spiro atoms. The Bertz CT molecular complexity index is 1320. The molecule has 5 rings (SSSR count). The van der Waals surface area contributed by atoms with Crippen LogP contribution in [0, 0.1) is 12.7 Å². The van der Waals surface area contributed by atoms with E-state index < -0.39 is 10.7 Å². The van der Waals surface area contributed by atoms with Gasteiger partial charge in [0.25, 0.3) is 5.91 Å². The number of halogens is 2. The van der Waals surface area contributed by atoms with Crippen LogP contribution < -0.4 is 15.1 Å². The van der Waals surface area contributed by atoms with Crippen molar-refractivity contribution in [2.75, 3.05) is 27.4 Å². The molecule has 9 heteroatoms. The molecule has 172 valence electrons. The van der Waals surface area contributed by atoms with Gasteiger partial charge in [0.05, 0.1) is 11.4 Å². The van der Waals surface area contributed by atoms with Crippen LogP contribution in [0.4, 0.5) is 21.5 Å². The average Bonchev–Trinajstić information content (AvgIpc) is 3.27. The molecule has 6 nitrogen and oxygen atoms in total. The van der Waals surface area contributed by atoms with Crippen molar-refractivity contribution in [1.29, 1.82) is 0 Å². The first-order valence-corrected chi connectivity index (χ1v) is 11.9. The molecule has 3 aromatic rings. The Hall–Kier alpha value is -3.36. The Balaban J connectivity index is 1.53. The molecule has 1 N–H and O–H groups in total. The standard InChI is InChI=1S/C25H19ClFN3O3S/c1-15-2-11-21-20(12-15)25(30(23(32)14-34-25)19-9-5-17(27)6-10-19)24(33)29(21)13-22(31)28-18-7-3-16(26)4-8-18/h2-12H,13-14H2,1H3,(H,28,31)/t25-/m0/s1. The van der Waals surface area contributed by atoms with Crippen LogP contribution in [0.1, 0.15) is 11.1 Å². The molecule has 0 bridgehead atoms. The van der Waals surface area contributed by atoms with Crippen LogP contribution in [-0.2, 0) is 19.3 Å². The smallest absolute Gasteiger partial charge is 0.269 e. The lowest BCUT2D eigenvalue weighted by molar-refractivity contribution is -0.124. The first-order valence-electron chi connectivity index (χ1n) is 10.5. The minimum Gasteiger partial charge on any atom is -0.325 e. The fourth-order valence-electron chi connectivity index (χ4n) is 4.34. The molecule has 1 atom stereocenters. The maximum absolute atomic E-state index is 14.0. The SMILES string of the molecule is Cc1ccc2c(c1)[C@]1(SCC(=O)N1c1ccc(F)cc1)C(=O)N2CC(=O)Nc1ccc(Cl)cc1. The van der Waals surface area contributed by atoms with Crippen molar-refractivity contribution in [3.05, 3.63) is 88.7 Å². The number of fused-ring (bicyclic) bond motifs is 2. The molecule has 2 aliphatic rings. The molecule has 0 unspecified atom stereocenters. The Morgan fingerprint density at radius 2 is 1.79 bits per heavy atom. The summed E-state index contributed by atoms with van der Waals surface area (Å²) in [4.78, 5) is 41.3. The predicted octanol–water partition coefficient (Wildman–Crippen LogP) is 4.71. The summed E-state index contributed by atoms with van der Waals surface area (Å²) in [5.74, 6) is -1.39. The fourth-order valence-corrected chi connectivity index (χ4v) is 5.82. The van der Waals surface area contributed by atoms with Gasteiger partial charge in [-0.3, -0.25) is 24.2 Å². The van der Waals surface area contributed by atoms with E-state index in [-0.39, 0.29) is 30.0 Å². The lowest BCUT2D eigenvalue weighted by Gasteiger charge is -2.33. The van der Waals surface area contributed by atoms with Crippen LogP contribution >= 0.6 is 23.4 Å². The summed E-state index contributed by atoms with van der Waals surface area (Å²) in [5.41, 5.74) is 3.09. The summed E-state index contributed by atoms with van der Waals surface area (Å²) in [6, 6.07) is 17.7. The largest absolute Gasteiger partial charge is 0.325 e. The molecule has 0 aliphatic carbocycles. The second-order valence-corrected chi connectivity index (χ2v) is 9.71. The van der Waals surface area contributed by atoms with Crippen molar-refractivity contribution in [1.82, 2.24) is 0 Å². The van der Waals surface area contributed by atoms with E-state index in [4.69, 9.17) is 11.6 Å². The summed E-state index contributed by atoms with van der Waals surface area (Å²) in [6.45, 7) is 1.67. The summed E-state index contributed by atoms with van der Waals surface area (Å²) < 4.78 is 13.6. The van der Waals surface area contributed by atoms with E-state index >= 15 is 0 Å². The van der Waals surface area contributed by atoms with Gasteiger partial charge < -0.3 is 5.32 Å². The zero-order chi connectivity index (χ0) is 24.0. The molecular formula is C25H19ClFN3O3S. The van der Waals surface area contributed by atoms with Gasteiger partial charge >= 0.3 is 0 Å². The van der Waals surface area contributed by atoms with Crippen LogP contribution in [-0.4, -0.2) is 30.0 Å². The van der Waals surface area contributed by atoms with Gasteiger partial charge in [-0.2, -0.15) is 0 Å². The van der Waals surface area contributed by atoms with Crippen molar-refractivity contribution in [2.24, 2.45) is 0 Å². The highest BCUT2D eigenvalue weighted by Gasteiger charge is 2.61. The molecule has 0 aromatic heterocycles. The number of benzene rings is 3. The Morgan fingerprint density at radius 1 is 1.09 bits per heavy atom. The number of thioether (sulfide) groups is 1. The van der Waals surface area contributed by atoms with Crippen LogP contribution in [0.25, 0.3) is 0 Å². The van der Waals surface area contributed by atoms with Crippen LogP contribution in [0.2, 0.25) is 5.02 Å². The molecule has 2 aliphatic heterocycles. The summed E-state index contributed by atoms with van der Waals surface area (Å²) in [7, 11) is 0. The van der Waals surface area contributed by atoms with Gasteiger partial charge in [0.15, 0.2) is 0 Å². The molecule has 3 aromatic carbocycles. The van der Waals surface area contributed by atoms with Gasteiger partial charge in [-0.15, -0.1) is 11.8 Å². The van der Waals surface area contributed by atoms with Crippen molar-refractivity contribution in [3.63, 3.8) is 0 Å². The Labute approximate surface area is 204 Å². The number of carbonyl (C=O) groups is 3. The maximum Gasteiger partial charge on any atom is 0.269 e. The number of aryl methyl sites for hydroxylation is 1. The molecule has 0 radical (unpaired) electrons. The quantitative estimate of drug-likeness (QED) is 0.569. The number of carbonyl (C=O) groups excluding carboxylic acids is 3. The normalized spacial score (nSPS) is 19.1. The molecule has 3 amide bonds. The van der Waals surface area contributed by atoms with E-state index in [1.165, 1.54) is 45.8 Å². The monoisotopic (exact) mass is 495 g/mol. The highest BCUT2D eigenvalue weighted by molar-refractivity contribution is 8.02. The van der Waals surface area contributed by atoms with Crippen molar-refractivity contribution < 1.29 is 18.8 Å². The third kappa shape index (κ3) is 3.63. The Morgan fingerprint density at radius 3 is 2.50 bits per heavy atom. The first kappa shape index (κ1) is 22.4. The van der Waals surface area contributed by atoms with Crippen molar-refractivity contribution in [3.8, 4) is 0 Å². The summed E-state index contributed by atoms with van der Waals surface area (Å²) in [6.07, 6.45) is 0. The van der Waals surface area contributed by atoms with E-state index in [9.17, 15) is 18.8 Å². The topological polar surface area (TPSA) is 69.7 Å². The second kappa shape index (κ2) is 8.45. The van der Waals surface area contributed by atoms with E-state index in [2.05, 4.69) is 5.32 Å². The van der Waals surface area contributed by atoms with E-state index in [1.807, 2.05) is 19.1 Å². The number of hydrogen-bond donors (Lipinski definition) is 1. The molecular weight excluding hydrogens is 477 g/mol. The number of anilines is 3. The minimum absolute atomic E-state index is 0.0846. The molecule has 1 fully saturated rings. The van der Waals surface area contributed by atoms with Gasteiger partial charge in [0.1, 0.15) is 12.4 Å². The lowest BCUT2D eigenvalue weighted by atomic mass is 10.0. The zero-order valence-corrected chi connectivity index (χ0v) is 19.6. The number of hydrogen-bond acceptors (Lipinski definition) is 4. The molecule has 0 saturated carbocycles. The van der Waals surface area contributed by atoms with Crippen LogP contribution in [0.5, 0.6) is 0 Å². The Kier molecular flexibility index (Phi) is 5.58. The maximum atomic E-state index is 14.0. The summed E-state index contributed by atoms with van der Waals surface area (Å²) in [5, 5.41) is 3.32. The highest BCUT2D eigenvalue weighted by Crippen LogP contribution is 2.55. The van der Waals surface area contributed by atoms with Crippen molar-refractivity contribution in [2.45, 2.75) is 11.8 Å². The van der Waals surface area contributed by atoms with Crippen molar-refractivity contribution >= 4 is 58.1 Å². The fraction of sp³-hybridized carbons (Fsp3) is 0.160. The van der Waals surface area contributed by atoms with Gasteiger partial charge in [-0.05, 0) is 61.5 Å². The van der Waals surface area contributed by atoms with E-state index in [0.29, 0.717) is 27.6 Å². The molecule has 2 heterocycles. The lowest BCUT2D eigenvalue weighted by Crippen LogP contribution is -2.50. The van der Waals surface area contributed by atoms with E-state index in [0.717, 1.165) is 5.56 Å². The summed E-state index contributed by atoms with van der Waals surface area (Å²) >= 11 is 7.12. The average molecular weight is 496 g/mol. The number of nitrogens with zero attached hydrogens (tertiary/aromatic N) is 2. The van der Waals surface area contributed by atoms with Gasteiger partial charge in [-0.1, -0.05) is 29.3 Å². The number of nitrogens with one attached hydrogen (secondary N) is 1. The van der Waals surface area contributed by atoms with Crippen LogP contribution in [0.3, 0.4) is 0 Å². The highest BCUT2D eigenvalue weighted by atomic mass is 35.5. The van der Waals surface area contributed by atoms with E-state index in [1.54, 1.807) is 30.3 Å². The number of rotatable bonds is 4. The van der Waals surface area contributed by atoms with Gasteiger partial charge in [-0.25, -0.2) is 4.39 Å². The zero-order valence-electron chi connectivity index (χ0n) is 18.0. The minimum atomic E-state index is -1.36. The van der Waals surface area contributed by atoms with Gasteiger partial charge in [0.2, 0.25) is 16.7 Å². The third-order valence-electron chi connectivity index (χ3n) is 5.83. The molecule has 34 heavy (non-hydrogen) atoms. The first-order chi connectivity index (χ1) is 16.3. The van der Waals surface area contributed by atoms with Crippen LogP contribution in [0.15, 0.2) is 66.7 Å². The van der Waals surface area contributed by atoms with Gasteiger partial charge in [0, 0.05) is 22.0 Å². The third-order valence-corrected chi connectivity index (χ3v) is 7.46. The number of amides is 3. The molecule has 1 saturated heterocycles.